The van der Waals surface area contributed by atoms with Gasteiger partial charge in [0.2, 0.25) is 0 Å². The molecule has 0 bridgehead atoms. The summed E-state index contributed by atoms with van der Waals surface area (Å²) in [5, 5.41) is 19.9. The molecule has 0 saturated carbocycles. The Morgan fingerprint density at radius 2 is 2.32 bits per heavy atom. The van der Waals surface area contributed by atoms with Gasteiger partial charge in [-0.15, -0.1) is 10.2 Å². The van der Waals surface area contributed by atoms with Crippen LogP contribution in [0.3, 0.4) is 0 Å². The van der Waals surface area contributed by atoms with Gasteiger partial charge in [-0.05, 0) is 25.1 Å². The molecule has 0 amide bonds. The van der Waals surface area contributed by atoms with Crippen molar-refractivity contribution < 1.29 is 9.90 Å². The maximum atomic E-state index is 11.0. The molecule has 100 valence electrons. The number of benzene rings is 1. The first-order valence-electron chi connectivity index (χ1n) is 5.85. The molecule has 0 aliphatic heterocycles. The highest BCUT2D eigenvalue weighted by molar-refractivity contribution is 5.94. The molecule has 1 aromatic heterocycles. The Kier molecular flexibility index (Phi) is 3.65. The maximum absolute atomic E-state index is 11.0. The molecule has 0 atom stereocenters. The number of nitrogens with two attached hydrogens (primary N) is 1. The lowest BCUT2D eigenvalue weighted by molar-refractivity contribution is 0.0698. The average Bonchev–Trinajstić information content (AvgIpc) is 2.84. The first kappa shape index (κ1) is 12.9. The topological polar surface area (TPSA) is 106 Å². The SMILES string of the molecule is CCn1cnnc1CNc1ccc(N)c(C(=O)O)c1. The van der Waals surface area contributed by atoms with E-state index in [2.05, 4.69) is 15.5 Å². The minimum Gasteiger partial charge on any atom is -0.478 e. The van der Waals surface area contributed by atoms with Crippen LogP contribution in [0, 0.1) is 0 Å². The fraction of sp³-hybridized carbons (Fsp3) is 0.250. The van der Waals surface area contributed by atoms with Gasteiger partial charge in [0.25, 0.3) is 0 Å². The molecule has 0 aliphatic rings. The molecule has 7 heteroatoms. The third kappa shape index (κ3) is 2.82. The van der Waals surface area contributed by atoms with E-state index < -0.39 is 5.97 Å². The second kappa shape index (κ2) is 5.38. The van der Waals surface area contributed by atoms with Crippen LogP contribution in [-0.4, -0.2) is 25.8 Å². The summed E-state index contributed by atoms with van der Waals surface area (Å²) in [6, 6.07) is 4.80. The minimum absolute atomic E-state index is 0.0851. The molecule has 0 radical (unpaired) electrons. The largest absolute Gasteiger partial charge is 0.478 e. The number of rotatable bonds is 5. The van der Waals surface area contributed by atoms with E-state index in [1.807, 2.05) is 11.5 Å². The Morgan fingerprint density at radius 3 is 3.00 bits per heavy atom. The van der Waals surface area contributed by atoms with E-state index in [1.165, 1.54) is 6.07 Å². The molecule has 2 aromatic rings. The van der Waals surface area contributed by atoms with Crippen LogP contribution >= 0.6 is 0 Å². The monoisotopic (exact) mass is 261 g/mol. The van der Waals surface area contributed by atoms with Crippen LogP contribution in [0.4, 0.5) is 11.4 Å². The van der Waals surface area contributed by atoms with Crippen molar-refractivity contribution in [3.63, 3.8) is 0 Å². The molecule has 19 heavy (non-hydrogen) atoms. The number of nitrogen functional groups attached to an aromatic ring is 1. The average molecular weight is 261 g/mol. The van der Waals surface area contributed by atoms with E-state index in [-0.39, 0.29) is 11.3 Å². The zero-order valence-corrected chi connectivity index (χ0v) is 10.5. The lowest BCUT2D eigenvalue weighted by atomic mass is 10.1. The normalized spacial score (nSPS) is 10.4. The van der Waals surface area contributed by atoms with Gasteiger partial charge in [0.15, 0.2) is 5.82 Å². The summed E-state index contributed by atoms with van der Waals surface area (Å²) in [4.78, 5) is 11.0. The van der Waals surface area contributed by atoms with E-state index >= 15 is 0 Å². The Balaban J connectivity index is 2.12. The molecule has 0 fully saturated rings. The number of carboxylic acid groups (broad SMARTS) is 1. The molecule has 0 unspecified atom stereocenters. The van der Waals surface area contributed by atoms with Gasteiger partial charge in [-0.2, -0.15) is 0 Å². The lowest BCUT2D eigenvalue weighted by Crippen LogP contribution is -2.09. The number of carbonyl (C=O) groups is 1. The van der Waals surface area contributed by atoms with Crippen LogP contribution in [0.25, 0.3) is 0 Å². The van der Waals surface area contributed by atoms with Crippen molar-refractivity contribution >= 4 is 17.3 Å². The van der Waals surface area contributed by atoms with Crippen LogP contribution in [-0.2, 0) is 13.1 Å². The lowest BCUT2D eigenvalue weighted by Gasteiger charge is -2.09. The van der Waals surface area contributed by atoms with Crippen molar-refractivity contribution in [3.05, 3.63) is 35.9 Å². The summed E-state index contributed by atoms with van der Waals surface area (Å²) in [7, 11) is 0. The number of anilines is 2. The second-order valence-electron chi connectivity index (χ2n) is 3.99. The molecule has 0 aliphatic carbocycles. The standard InChI is InChI=1S/C12H15N5O2/c1-2-17-7-15-16-11(17)6-14-8-3-4-10(13)9(5-8)12(18)19/h3-5,7,14H,2,6,13H2,1H3,(H,18,19). The summed E-state index contributed by atoms with van der Waals surface area (Å²) in [6.45, 7) is 3.25. The Morgan fingerprint density at radius 1 is 1.53 bits per heavy atom. The summed E-state index contributed by atoms with van der Waals surface area (Å²) in [6.07, 6.45) is 1.66. The summed E-state index contributed by atoms with van der Waals surface area (Å²) in [5.41, 5.74) is 6.60. The van der Waals surface area contributed by atoms with Gasteiger partial charge in [0.1, 0.15) is 6.33 Å². The van der Waals surface area contributed by atoms with Crippen molar-refractivity contribution in [2.75, 3.05) is 11.1 Å². The predicted octanol–water partition coefficient (Wildman–Crippen LogP) is 1.19. The predicted molar refractivity (Wildman–Crippen MR) is 70.8 cm³/mol. The Hall–Kier alpha value is -2.57. The third-order valence-corrected chi connectivity index (χ3v) is 2.77. The molecule has 0 saturated heterocycles. The smallest absolute Gasteiger partial charge is 0.337 e. The first-order chi connectivity index (χ1) is 9.11. The highest BCUT2D eigenvalue weighted by Gasteiger charge is 2.09. The van der Waals surface area contributed by atoms with Crippen molar-refractivity contribution in [1.29, 1.82) is 0 Å². The van der Waals surface area contributed by atoms with Gasteiger partial charge in [0, 0.05) is 17.9 Å². The van der Waals surface area contributed by atoms with Gasteiger partial charge in [-0.3, -0.25) is 0 Å². The Bertz CT molecular complexity index is 594. The van der Waals surface area contributed by atoms with Crippen molar-refractivity contribution in [2.45, 2.75) is 20.0 Å². The first-order valence-corrected chi connectivity index (χ1v) is 5.85. The van der Waals surface area contributed by atoms with E-state index in [9.17, 15) is 4.79 Å². The molecule has 7 nitrogen and oxygen atoms in total. The summed E-state index contributed by atoms with van der Waals surface area (Å²) >= 11 is 0. The van der Waals surface area contributed by atoms with Crippen LogP contribution < -0.4 is 11.1 Å². The van der Waals surface area contributed by atoms with Gasteiger partial charge >= 0.3 is 5.97 Å². The zero-order chi connectivity index (χ0) is 13.8. The molecule has 0 spiro atoms. The molecule has 2 rings (SSSR count). The van der Waals surface area contributed by atoms with Gasteiger partial charge in [0.05, 0.1) is 12.1 Å². The van der Waals surface area contributed by atoms with Gasteiger partial charge < -0.3 is 20.7 Å². The number of hydrogen-bond donors (Lipinski definition) is 3. The number of nitrogens with zero attached hydrogens (tertiary/aromatic N) is 3. The molecular formula is C12H15N5O2. The number of aromatic nitrogens is 3. The fourth-order valence-corrected chi connectivity index (χ4v) is 1.71. The third-order valence-electron chi connectivity index (χ3n) is 2.77. The van der Waals surface area contributed by atoms with Crippen LogP contribution in [0.5, 0.6) is 0 Å². The van der Waals surface area contributed by atoms with Gasteiger partial charge in [-0.1, -0.05) is 0 Å². The molecular weight excluding hydrogens is 246 g/mol. The maximum Gasteiger partial charge on any atom is 0.337 e. The minimum atomic E-state index is -1.04. The number of aromatic carboxylic acids is 1. The quantitative estimate of drug-likeness (QED) is 0.698. The van der Waals surface area contributed by atoms with Crippen LogP contribution in [0.2, 0.25) is 0 Å². The van der Waals surface area contributed by atoms with E-state index in [4.69, 9.17) is 10.8 Å². The zero-order valence-electron chi connectivity index (χ0n) is 10.5. The van der Waals surface area contributed by atoms with Crippen LogP contribution in [0.1, 0.15) is 23.1 Å². The molecule has 4 N–H and O–H groups in total. The number of aryl methyl sites for hydroxylation is 1. The van der Waals surface area contributed by atoms with E-state index in [0.29, 0.717) is 12.2 Å². The number of hydrogen-bond acceptors (Lipinski definition) is 5. The fourth-order valence-electron chi connectivity index (χ4n) is 1.71. The number of carboxylic acids is 1. The van der Waals surface area contributed by atoms with Crippen molar-refractivity contribution in [1.82, 2.24) is 14.8 Å². The van der Waals surface area contributed by atoms with E-state index in [1.54, 1.807) is 18.5 Å². The van der Waals surface area contributed by atoms with E-state index in [0.717, 1.165) is 12.4 Å². The molecule has 1 heterocycles. The van der Waals surface area contributed by atoms with Crippen molar-refractivity contribution in [3.8, 4) is 0 Å². The van der Waals surface area contributed by atoms with Gasteiger partial charge in [-0.25, -0.2) is 4.79 Å². The van der Waals surface area contributed by atoms with Crippen LogP contribution in [0.15, 0.2) is 24.5 Å². The second-order valence-corrected chi connectivity index (χ2v) is 3.99. The summed E-state index contributed by atoms with van der Waals surface area (Å²) in [5.74, 6) is -0.255. The molecule has 1 aromatic carbocycles. The number of nitrogens with one attached hydrogen (secondary N) is 1. The van der Waals surface area contributed by atoms with Crippen molar-refractivity contribution in [2.24, 2.45) is 0 Å². The highest BCUT2D eigenvalue weighted by Crippen LogP contribution is 2.18. The highest BCUT2D eigenvalue weighted by atomic mass is 16.4. The summed E-state index contributed by atoms with van der Waals surface area (Å²) < 4.78 is 1.91. The Labute approximate surface area is 110 Å².